The second-order valence-corrected chi connectivity index (χ2v) is 14.4. The molecule has 3 N–H and O–H groups in total. The van der Waals surface area contributed by atoms with Gasteiger partial charge in [-0.3, -0.25) is 4.79 Å². The van der Waals surface area contributed by atoms with Gasteiger partial charge in [0, 0.05) is 24.2 Å². The van der Waals surface area contributed by atoms with Gasteiger partial charge in [-0.05, 0) is 84.9 Å². The molecule has 0 spiro atoms. The third-order valence-electron chi connectivity index (χ3n) is 12.9. The lowest BCUT2D eigenvalue weighted by atomic mass is 9.39. The van der Waals surface area contributed by atoms with Crippen LogP contribution in [0.2, 0.25) is 0 Å². The third-order valence-corrected chi connectivity index (χ3v) is 12.9. The Morgan fingerprint density at radius 3 is 2.31 bits per heavy atom. The van der Waals surface area contributed by atoms with E-state index >= 15 is 0 Å². The van der Waals surface area contributed by atoms with Crippen LogP contribution >= 0.6 is 0 Å². The third kappa shape index (κ3) is 3.65. The Labute approximate surface area is 212 Å². The number of ether oxygens (including phenoxy) is 1. The number of ketones is 1. The minimum absolute atomic E-state index is 0.00301. The SMILES string of the molecule is CC(C)C1CC(O)OC(C(C)C2CC(=O)C3(C)C4C(CC[C@]23C)[C@@]2(C)CCC[C@H](O)C2C[C@@H]4O)C1. The lowest BCUT2D eigenvalue weighted by Gasteiger charge is -2.65. The Kier molecular flexibility index (Phi) is 6.56. The Morgan fingerprint density at radius 1 is 0.914 bits per heavy atom. The zero-order chi connectivity index (χ0) is 25.5. The maximum absolute atomic E-state index is 14.0. The molecule has 0 amide bonds. The van der Waals surface area contributed by atoms with Gasteiger partial charge in [-0.15, -0.1) is 0 Å². The van der Waals surface area contributed by atoms with E-state index in [0.717, 1.165) is 38.5 Å². The van der Waals surface area contributed by atoms with Crippen molar-refractivity contribution in [3.63, 3.8) is 0 Å². The number of rotatable bonds is 3. The standard InChI is InChI=1S/C30H50O5/c1-16(2)18-12-24(35-26(34)13-18)17(3)20-15-25(33)30(6)27-19(9-11-29(20,30)5)28(4)10-7-8-22(31)21(28)14-23(27)32/h16-24,26-27,31-32,34H,7-15H2,1-6H3/t17?,18?,19?,20?,21?,22-,23-,24?,26?,27?,28+,29+,30?/m0/s1. The van der Waals surface area contributed by atoms with Crippen LogP contribution < -0.4 is 0 Å². The van der Waals surface area contributed by atoms with Gasteiger partial charge in [0.05, 0.1) is 18.3 Å². The van der Waals surface area contributed by atoms with E-state index < -0.39 is 17.8 Å². The second kappa shape index (κ2) is 8.78. The van der Waals surface area contributed by atoms with Gasteiger partial charge in [-0.1, -0.05) is 48.0 Å². The number of fused-ring (bicyclic) bond motifs is 5. The monoisotopic (exact) mass is 490 g/mol. The van der Waals surface area contributed by atoms with E-state index in [1.807, 2.05) is 0 Å². The first-order valence-electron chi connectivity index (χ1n) is 14.6. The summed E-state index contributed by atoms with van der Waals surface area (Å²) in [6, 6.07) is 0. The predicted molar refractivity (Wildman–Crippen MR) is 135 cm³/mol. The van der Waals surface area contributed by atoms with Crippen LogP contribution in [0, 0.1) is 57.7 Å². The van der Waals surface area contributed by atoms with E-state index in [1.54, 1.807) is 0 Å². The molecule has 0 radical (unpaired) electrons. The number of carbonyl (C=O) groups excluding carboxylic acids is 1. The second-order valence-electron chi connectivity index (χ2n) is 14.4. The van der Waals surface area contributed by atoms with Crippen LogP contribution in [0.1, 0.15) is 99.3 Å². The molecule has 5 aliphatic rings. The van der Waals surface area contributed by atoms with Gasteiger partial charge < -0.3 is 20.1 Å². The van der Waals surface area contributed by atoms with E-state index in [2.05, 4.69) is 41.5 Å². The van der Waals surface area contributed by atoms with Crippen molar-refractivity contribution in [1.82, 2.24) is 0 Å². The molecular weight excluding hydrogens is 440 g/mol. The zero-order valence-electron chi connectivity index (χ0n) is 22.9. The normalized spacial score (nSPS) is 55.3. The average molecular weight is 491 g/mol. The van der Waals surface area contributed by atoms with Crippen molar-refractivity contribution >= 4 is 5.78 Å². The molecule has 0 aromatic carbocycles. The van der Waals surface area contributed by atoms with E-state index in [1.165, 1.54) is 0 Å². The minimum Gasteiger partial charge on any atom is -0.393 e. The molecule has 9 unspecified atom stereocenters. The van der Waals surface area contributed by atoms with Crippen molar-refractivity contribution in [3.8, 4) is 0 Å². The quantitative estimate of drug-likeness (QED) is 0.521. The summed E-state index contributed by atoms with van der Waals surface area (Å²) in [5.41, 5.74) is -0.756. The average Bonchev–Trinajstić information content (AvgIpc) is 3.00. The van der Waals surface area contributed by atoms with Crippen molar-refractivity contribution < 1.29 is 24.9 Å². The molecule has 1 saturated heterocycles. The maximum Gasteiger partial charge on any atom is 0.155 e. The van der Waals surface area contributed by atoms with Gasteiger partial charge in [-0.2, -0.15) is 0 Å². The van der Waals surface area contributed by atoms with Gasteiger partial charge in [0.25, 0.3) is 0 Å². The first-order chi connectivity index (χ1) is 16.3. The van der Waals surface area contributed by atoms with E-state index in [-0.39, 0.29) is 52.6 Å². The van der Waals surface area contributed by atoms with E-state index in [9.17, 15) is 20.1 Å². The number of hydrogen-bond acceptors (Lipinski definition) is 5. The number of carbonyl (C=O) groups is 1. The summed E-state index contributed by atoms with van der Waals surface area (Å²) in [4.78, 5) is 14.0. The molecule has 5 heteroatoms. The van der Waals surface area contributed by atoms with E-state index in [0.29, 0.717) is 36.9 Å². The summed E-state index contributed by atoms with van der Waals surface area (Å²) in [6.45, 7) is 13.5. The first kappa shape index (κ1) is 26.1. The van der Waals surface area contributed by atoms with Crippen LogP contribution in [0.25, 0.3) is 0 Å². The molecule has 5 fully saturated rings. The summed E-state index contributed by atoms with van der Waals surface area (Å²) in [5.74, 6) is 2.00. The summed E-state index contributed by atoms with van der Waals surface area (Å²) >= 11 is 0. The zero-order valence-corrected chi connectivity index (χ0v) is 22.9. The molecule has 5 rings (SSSR count). The number of Topliss-reactive ketones (excluding diaryl/α,β-unsaturated/α-hetero) is 1. The highest BCUT2D eigenvalue weighted by molar-refractivity contribution is 5.89. The predicted octanol–water partition coefficient (Wildman–Crippen LogP) is 4.95. The smallest absolute Gasteiger partial charge is 0.155 e. The van der Waals surface area contributed by atoms with Crippen molar-refractivity contribution in [2.75, 3.05) is 0 Å². The lowest BCUT2D eigenvalue weighted by molar-refractivity contribution is -0.225. The van der Waals surface area contributed by atoms with E-state index in [4.69, 9.17) is 4.74 Å². The highest BCUT2D eigenvalue weighted by Gasteiger charge is 2.71. The summed E-state index contributed by atoms with van der Waals surface area (Å²) in [5, 5.41) is 33.0. The molecule has 4 saturated carbocycles. The van der Waals surface area contributed by atoms with Gasteiger partial charge in [-0.25, -0.2) is 0 Å². The van der Waals surface area contributed by atoms with Gasteiger partial charge in [0.2, 0.25) is 0 Å². The van der Waals surface area contributed by atoms with Gasteiger partial charge in [0.1, 0.15) is 5.78 Å². The number of aliphatic hydroxyl groups is 3. The Hall–Kier alpha value is -0.490. The maximum atomic E-state index is 14.0. The van der Waals surface area contributed by atoms with Crippen LogP contribution in [0.3, 0.4) is 0 Å². The molecule has 1 heterocycles. The Bertz CT molecular complexity index is 828. The molecule has 4 aliphatic carbocycles. The van der Waals surface area contributed by atoms with Crippen molar-refractivity contribution in [1.29, 1.82) is 0 Å². The van der Waals surface area contributed by atoms with Gasteiger partial charge in [0.15, 0.2) is 6.29 Å². The van der Waals surface area contributed by atoms with Crippen LogP contribution in [-0.2, 0) is 9.53 Å². The molecule has 0 bridgehead atoms. The molecule has 200 valence electrons. The van der Waals surface area contributed by atoms with Crippen molar-refractivity contribution in [2.45, 2.75) is 124 Å². The summed E-state index contributed by atoms with van der Waals surface area (Å²) in [7, 11) is 0. The van der Waals surface area contributed by atoms with Gasteiger partial charge >= 0.3 is 0 Å². The molecule has 1 aliphatic heterocycles. The van der Waals surface area contributed by atoms with Crippen LogP contribution in [0.4, 0.5) is 0 Å². The fourth-order valence-electron chi connectivity index (χ4n) is 10.5. The molecule has 13 atom stereocenters. The summed E-state index contributed by atoms with van der Waals surface area (Å²) in [6.07, 6.45) is 6.16. The first-order valence-corrected chi connectivity index (χ1v) is 14.6. The summed E-state index contributed by atoms with van der Waals surface area (Å²) < 4.78 is 6.13. The highest BCUT2D eigenvalue weighted by Crippen LogP contribution is 2.72. The van der Waals surface area contributed by atoms with Crippen molar-refractivity contribution in [3.05, 3.63) is 0 Å². The Morgan fingerprint density at radius 2 is 1.63 bits per heavy atom. The highest BCUT2D eigenvalue weighted by atomic mass is 16.6. The lowest BCUT2D eigenvalue weighted by Crippen LogP contribution is -2.64. The number of aliphatic hydroxyl groups excluding tert-OH is 3. The topological polar surface area (TPSA) is 87.0 Å². The molecule has 0 aromatic rings. The fraction of sp³-hybridized carbons (Fsp3) is 0.967. The Balaban J connectivity index is 1.46. The van der Waals surface area contributed by atoms with Crippen LogP contribution in [-0.4, -0.2) is 45.7 Å². The minimum atomic E-state index is -0.717. The molecule has 5 nitrogen and oxygen atoms in total. The molecule has 0 aromatic heterocycles. The van der Waals surface area contributed by atoms with Crippen molar-refractivity contribution in [2.24, 2.45) is 57.7 Å². The number of hydrogen-bond donors (Lipinski definition) is 3. The fourth-order valence-corrected chi connectivity index (χ4v) is 10.5. The molecular formula is C30H50O5. The molecule has 35 heavy (non-hydrogen) atoms. The van der Waals surface area contributed by atoms with Crippen LogP contribution in [0.15, 0.2) is 0 Å². The van der Waals surface area contributed by atoms with Crippen LogP contribution in [0.5, 0.6) is 0 Å². The largest absolute Gasteiger partial charge is 0.393 e.